The second kappa shape index (κ2) is 3.16. The van der Waals surface area contributed by atoms with Crippen molar-refractivity contribution in [3.05, 3.63) is 11.8 Å². The van der Waals surface area contributed by atoms with E-state index in [1.54, 1.807) is 0 Å². The molecule has 2 aliphatic rings. The number of hydrogen-bond donors (Lipinski definition) is 0. The van der Waals surface area contributed by atoms with Crippen molar-refractivity contribution in [2.45, 2.75) is 45.3 Å². The van der Waals surface area contributed by atoms with Crippen LogP contribution in [0.1, 0.15) is 25.7 Å². The van der Waals surface area contributed by atoms with Crippen molar-refractivity contribution in [1.29, 1.82) is 0 Å². The topological polar surface area (TPSA) is 9.23 Å². The van der Waals surface area contributed by atoms with Crippen LogP contribution in [0.25, 0.3) is 0 Å². The van der Waals surface area contributed by atoms with E-state index in [-0.39, 0.29) is 0 Å². The predicted octanol–water partition coefficient (Wildman–Crippen LogP) is 3.54. The minimum Gasteiger partial charge on any atom is -0.547 e. The zero-order valence-corrected chi connectivity index (χ0v) is 9.97. The SMILES string of the molecule is C[Si](C)(C)OC1=CC[C@@H]2CCC[C@H]12. The molecule has 0 radical (unpaired) electrons. The van der Waals surface area contributed by atoms with Crippen molar-refractivity contribution < 1.29 is 4.43 Å². The van der Waals surface area contributed by atoms with Crippen LogP contribution >= 0.6 is 0 Å². The maximum absolute atomic E-state index is 6.11. The fourth-order valence-corrected chi connectivity index (χ4v) is 3.53. The van der Waals surface area contributed by atoms with Crippen LogP contribution in [0.2, 0.25) is 19.6 Å². The molecule has 0 aliphatic heterocycles. The van der Waals surface area contributed by atoms with E-state index in [1.807, 2.05) is 0 Å². The Morgan fingerprint density at radius 1 is 1.31 bits per heavy atom. The molecule has 1 saturated carbocycles. The summed E-state index contributed by atoms with van der Waals surface area (Å²) in [6, 6.07) is 0. The molecule has 1 fully saturated rings. The largest absolute Gasteiger partial charge is 0.547 e. The first kappa shape index (κ1) is 9.32. The molecule has 13 heavy (non-hydrogen) atoms. The summed E-state index contributed by atoms with van der Waals surface area (Å²) in [5, 5.41) is 0. The van der Waals surface area contributed by atoms with E-state index in [0.29, 0.717) is 0 Å². The van der Waals surface area contributed by atoms with E-state index >= 15 is 0 Å². The van der Waals surface area contributed by atoms with Crippen LogP contribution < -0.4 is 0 Å². The first-order chi connectivity index (χ1) is 6.06. The number of allylic oxidation sites excluding steroid dienone is 2. The lowest BCUT2D eigenvalue weighted by Crippen LogP contribution is -2.26. The Kier molecular flexibility index (Phi) is 2.26. The molecule has 0 bridgehead atoms. The Hall–Kier alpha value is -0.243. The molecule has 0 aromatic carbocycles. The van der Waals surface area contributed by atoms with Crippen LogP contribution in [-0.2, 0) is 4.43 Å². The molecule has 74 valence electrons. The molecule has 0 unspecified atom stereocenters. The summed E-state index contributed by atoms with van der Waals surface area (Å²) < 4.78 is 6.11. The fourth-order valence-electron chi connectivity index (χ4n) is 2.58. The third kappa shape index (κ3) is 1.98. The van der Waals surface area contributed by atoms with E-state index in [0.717, 1.165) is 11.8 Å². The van der Waals surface area contributed by atoms with Crippen LogP contribution in [0, 0.1) is 11.8 Å². The van der Waals surface area contributed by atoms with E-state index < -0.39 is 8.32 Å². The lowest BCUT2D eigenvalue weighted by molar-refractivity contribution is 0.325. The summed E-state index contributed by atoms with van der Waals surface area (Å²) >= 11 is 0. The zero-order valence-electron chi connectivity index (χ0n) is 8.97. The van der Waals surface area contributed by atoms with Gasteiger partial charge in [0.25, 0.3) is 0 Å². The molecule has 0 amide bonds. The standard InChI is InChI=1S/C11H20OSi/c1-13(2,3)12-11-8-7-9-5-4-6-10(9)11/h8-10H,4-7H2,1-3H3/t9-,10-/m0/s1. The van der Waals surface area contributed by atoms with E-state index in [1.165, 1.54) is 31.4 Å². The molecular formula is C11H20OSi. The third-order valence-corrected chi connectivity index (χ3v) is 3.92. The van der Waals surface area contributed by atoms with Gasteiger partial charge in [0.15, 0.2) is 0 Å². The quantitative estimate of drug-likeness (QED) is 0.614. The summed E-state index contributed by atoms with van der Waals surface area (Å²) in [5.41, 5.74) is 0. The van der Waals surface area contributed by atoms with Gasteiger partial charge in [-0.1, -0.05) is 6.42 Å². The lowest BCUT2D eigenvalue weighted by Gasteiger charge is -2.24. The molecular weight excluding hydrogens is 176 g/mol. The highest BCUT2D eigenvalue weighted by atomic mass is 28.4. The Labute approximate surface area is 82.3 Å². The number of rotatable bonds is 2. The Morgan fingerprint density at radius 2 is 2.08 bits per heavy atom. The predicted molar refractivity (Wildman–Crippen MR) is 58.0 cm³/mol. The molecule has 0 aromatic heterocycles. The van der Waals surface area contributed by atoms with Gasteiger partial charge in [-0.2, -0.15) is 0 Å². The maximum atomic E-state index is 6.11. The van der Waals surface area contributed by atoms with Gasteiger partial charge in [-0.3, -0.25) is 0 Å². The zero-order chi connectivity index (χ0) is 9.47. The van der Waals surface area contributed by atoms with Gasteiger partial charge >= 0.3 is 0 Å². The Balaban J connectivity index is 2.01. The minimum atomic E-state index is -1.35. The van der Waals surface area contributed by atoms with Crippen molar-refractivity contribution in [1.82, 2.24) is 0 Å². The summed E-state index contributed by atoms with van der Waals surface area (Å²) in [5.74, 6) is 3.08. The Morgan fingerprint density at radius 3 is 2.77 bits per heavy atom. The van der Waals surface area contributed by atoms with Crippen molar-refractivity contribution in [2.75, 3.05) is 0 Å². The second-order valence-corrected chi connectivity index (χ2v) is 9.78. The molecule has 1 nitrogen and oxygen atoms in total. The highest BCUT2D eigenvalue weighted by Gasteiger charge is 2.36. The smallest absolute Gasteiger partial charge is 0.241 e. The normalized spacial score (nSPS) is 33.0. The number of hydrogen-bond acceptors (Lipinski definition) is 1. The van der Waals surface area contributed by atoms with E-state index in [9.17, 15) is 0 Å². The van der Waals surface area contributed by atoms with Gasteiger partial charge in [-0.25, -0.2) is 0 Å². The van der Waals surface area contributed by atoms with E-state index in [2.05, 4.69) is 25.7 Å². The van der Waals surface area contributed by atoms with Gasteiger partial charge in [-0.15, -0.1) is 0 Å². The molecule has 0 spiro atoms. The average molecular weight is 196 g/mol. The lowest BCUT2D eigenvalue weighted by atomic mass is 9.99. The molecule has 2 heteroatoms. The highest BCUT2D eigenvalue weighted by molar-refractivity contribution is 6.70. The molecule has 0 N–H and O–H groups in total. The van der Waals surface area contributed by atoms with Crippen molar-refractivity contribution in [3.8, 4) is 0 Å². The average Bonchev–Trinajstić information content (AvgIpc) is 2.50. The van der Waals surface area contributed by atoms with Crippen LogP contribution in [0.15, 0.2) is 11.8 Å². The van der Waals surface area contributed by atoms with Gasteiger partial charge in [-0.05, 0) is 50.9 Å². The van der Waals surface area contributed by atoms with Crippen LogP contribution in [0.4, 0.5) is 0 Å². The molecule has 2 atom stereocenters. The first-order valence-corrected chi connectivity index (χ1v) is 8.86. The molecule has 2 aliphatic carbocycles. The van der Waals surface area contributed by atoms with Crippen LogP contribution in [0.3, 0.4) is 0 Å². The summed E-state index contributed by atoms with van der Waals surface area (Å²) in [4.78, 5) is 0. The summed E-state index contributed by atoms with van der Waals surface area (Å²) in [6.07, 6.45) is 7.86. The Bertz CT molecular complexity index is 227. The second-order valence-electron chi connectivity index (χ2n) is 5.35. The van der Waals surface area contributed by atoms with Gasteiger partial charge < -0.3 is 4.43 Å². The fraction of sp³-hybridized carbons (Fsp3) is 0.818. The van der Waals surface area contributed by atoms with Gasteiger partial charge in [0.1, 0.15) is 0 Å². The van der Waals surface area contributed by atoms with Gasteiger partial charge in [0, 0.05) is 5.92 Å². The molecule has 2 rings (SSSR count). The summed E-state index contributed by atoms with van der Waals surface area (Å²) in [6.45, 7) is 6.82. The summed E-state index contributed by atoms with van der Waals surface area (Å²) in [7, 11) is -1.35. The molecule has 0 saturated heterocycles. The third-order valence-electron chi connectivity index (χ3n) is 3.07. The van der Waals surface area contributed by atoms with E-state index in [4.69, 9.17) is 4.43 Å². The van der Waals surface area contributed by atoms with Gasteiger partial charge in [0.05, 0.1) is 5.76 Å². The van der Waals surface area contributed by atoms with Gasteiger partial charge in [0.2, 0.25) is 8.32 Å². The highest BCUT2D eigenvalue weighted by Crippen LogP contribution is 2.45. The molecule has 0 heterocycles. The minimum absolute atomic E-state index is 0.798. The molecule has 0 aromatic rings. The first-order valence-electron chi connectivity index (χ1n) is 5.45. The van der Waals surface area contributed by atoms with Crippen molar-refractivity contribution in [3.63, 3.8) is 0 Å². The van der Waals surface area contributed by atoms with Crippen LogP contribution in [-0.4, -0.2) is 8.32 Å². The monoisotopic (exact) mass is 196 g/mol. The van der Waals surface area contributed by atoms with Crippen molar-refractivity contribution in [2.24, 2.45) is 11.8 Å². The van der Waals surface area contributed by atoms with Crippen molar-refractivity contribution >= 4 is 8.32 Å². The van der Waals surface area contributed by atoms with Crippen LogP contribution in [0.5, 0.6) is 0 Å². The maximum Gasteiger partial charge on any atom is 0.241 e. The number of fused-ring (bicyclic) bond motifs is 1.